The Morgan fingerprint density at radius 3 is 2.67 bits per heavy atom. The van der Waals surface area contributed by atoms with Crippen LogP contribution in [0.3, 0.4) is 0 Å². The second kappa shape index (κ2) is 7.72. The van der Waals surface area contributed by atoms with Crippen LogP contribution in [-0.4, -0.2) is 40.8 Å². The maximum absolute atomic E-state index is 13.2. The van der Waals surface area contributed by atoms with Gasteiger partial charge in [-0.1, -0.05) is 30.3 Å². The van der Waals surface area contributed by atoms with Crippen molar-refractivity contribution in [2.24, 2.45) is 0 Å². The maximum atomic E-state index is 13.2. The summed E-state index contributed by atoms with van der Waals surface area (Å²) in [6.07, 6.45) is 3.37. The van der Waals surface area contributed by atoms with Crippen molar-refractivity contribution in [1.29, 1.82) is 0 Å². The molecule has 0 saturated carbocycles. The summed E-state index contributed by atoms with van der Waals surface area (Å²) in [7, 11) is 0. The third-order valence-corrected chi connectivity index (χ3v) is 4.76. The molecule has 0 bridgehead atoms. The van der Waals surface area contributed by atoms with E-state index in [4.69, 9.17) is 0 Å². The van der Waals surface area contributed by atoms with Crippen molar-refractivity contribution in [2.75, 3.05) is 13.1 Å². The molecule has 6 heteroatoms. The molecular weight excluding hydrogens is 343 g/mol. The number of hydrogen-bond acceptors (Lipinski definition) is 3. The lowest BCUT2D eigenvalue weighted by molar-refractivity contribution is 0.0950. The molecule has 1 aromatic heterocycles. The van der Waals surface area contributed by atoms with Gasteiger partial charge in [-0.15, -0.1) is 0 Å². The van der Waals surface area contributed by atoms with Crippen LogP contribution >= 0.6 is 0 Å². The van der Waals surface area contributed by atoms with E-state index in [-0.39, 0.29) is 11.9 Å². The molecule has 4 rings (SSSR count). The molecule has 1 amide bonds. The number of halogens is 1. The van der Waals surface area contributed by atoms with Crippen molar-refractivity contribution in [1.82, 2.24) is 20.2 Å². The fourth-order valence-corrected chi connectivity index (χ4v) is 3.25. The van der Waals surface area contributed by atoms with Gasteiger partial charge in [0.25, 0.3) is 5.91 Å². The molecule has 1 fully saturated rings. The molecule has 27 heavy (non-hydrogen) atoms. The zero-order chi connectivity index (χ0) is 18.6. The minimum atomic E-state index is -0.818. The Morgan fingerprint density at radius 1 is 1.19 bits per heavy atom. The molecule has 0 radical (unpaired) electrons. The van der Waals surface area contributed by atoms with E-state index >= 15 is 0 Å². The molecule has 2 aromatic carbocycles. The molecule has 0 spiro atoms. The predicted octanol–water partition coefficient (Wildman–Crippen LogP) is 2.97. The summed E-state index contributed by atoms with van der Waals surface area (Å²) < 4.78 is 15.1. The number of hydrogen-bond donors (Lipinski definition) is 2. The zero-order valence-corrected chi connectivity index (χ0v) is 14.8. The Labute approximate surface area is 157 Å². The van der Waals surface area contributed by atoms with E-state index in [1.807, 2.05) is 53.2 Å². The molecule has 5 nitrogen and oxygen atoms in total. The van der Waals surface area contributed by atoms with Crippen molar-refractivity contribution in [3.8, 4) is 16.9 Å². The van der Waals surface area contributed by atoms with Gasteiger partial charge in [0.1, 0.15) is 6.17 Å². The normalized spacial score (nSPS) is 19.1. The molecule has 0 unspecified atom stereocenters. The van der Waals surface area contributed by atoms with Gasteiger partial charge < -0.3 is 15.2 Å². The maximum Gasteiger partial charge on any atom is 0.251 e. The lowest BCUT2D eigenvalue weighted by atomic mass is 10.1. The largest absolute Gasteiger partial charge is 0.350 e. The lowest BCUT2D eigenvalue weighted by Gasteiger charge is -2.11. The van der Waals surface area contributed by atoms with Crippen molar-refractivity contribution < 1.29 is 9.18 Å². The molecule has 1 aliphatic heterocycles. The van der Waals surface area contributed by atoms with E-state index in [1.54, 1.807) is 18.5 Å². The number of rotatable bonds is 5. The number of nitrogens with one attached hydrogen (secondary N) is 2. The van der Waals surface area contributed by atoms with Crippen molar-refractivity contribution in [2.45, 2.75) is 18.6 Å². The molecule has 2 N–H and O–H groups in total. The highest BCUT2D eigenvalue weighted by molar-refractivity contribution is 5.94. The standard InChI is InChI=1S/C21H21FN4O/c22-17-10-18(23-11-17)12-24-21(27)16-8-6-15(7-9-16)20-13-26(14-25-20)19-4-2-1-3-5-19/h1-9,13-14,17-18,23H,10-12H2,(H,24,27)/t17-,18-/m0/s1. The first-order valence-corrected chi connectivity index (χ1v) is 9.04. The van der Waals surface area contributed by atoms with E-state index in [2.05, 4.69) is 15.6 Å². The number of amides is 1. The molecule has 2 atom stereocenters. The van der Waals surface area contributed by atoms with E-state index in [0.29, 0.717) is 25.1 Å². The Kier molecular flexibility index (Phi) is 4.98. The smallest absolute Gasteiger partial charge is 0.251 e. The Balaban J connectivity index is 1.40. The summed E-state index contributed by atoms with van der Waals surface area (Å²) in [5.74, 6) is -0.152. The van der Waals surface area contributed by atoms with Crippen molar-refractivity contribution in [3.63, 3.8) is 0 Å². The Hall–Kier alpha value is -2.99. The third kappa shape index (κ3) is 4.06. The number of carbonyl (C=O) groups excluding carboxylic acids is 1. The highest BCUT2D eigenvalue weighted by Gasteiger charge is 2.23. The van der Waals surface area contributed by atoms with Gasteiger partial charge in [0.05, 0.1) is 12.0 Å². The zero-order valence-electron chi connectivity index (χ0n) is 14.8. The monoisotopic (exact) mass is 364 g/mol. The van der Waals surface area contributed by atoms with Gasteiger partial charge in [-0.05, 0) is 30.7 Å². The van der Waals surface area contributed by atoms with Crippen LogP contribution in [0.2, 0.25) is 0 Å². The number of benzene rings is 2. The quantitative estimate of drug-likeness (QED) is 0.732. The summed E-state index contributed by atoms with van der Waals surface area (Å²) >= 11 is 0. The van der Waals surface area contributed by atoms with Gasteiger partial charge in [-0.3, -0.25) is 4.79 Å². The topological polar surface area (TPSA) is 59.0 Å². The van der Waals surface area contributed by atoms with Crippen LogP contribution in [0.25, 0.3) is 16.9 Å². The van der Waals surface area contributed by atoms with Gasteiger partial charge in [0.15, 0.2) is 0 Å². The first-order chi connectivity index (χ1) is 13.2. The SMILES string of the molecule is O=C(NC[C@@H]1C[C@H](F)CN1)c1ccc(-c2cn(-c3ccccc3)cn2)cc1. The van der Waals surface area contributed by atoms with Crippen LogP contribution in [0, 0.1) is 0 Å². The number of nitrogens with zero attached hydrogens (tertiary/aromatic N) is 2. The van der Waals surface area contributed by atoms with Gasteiger partial charge in [0, 0.05) is 42.1 Å². The Bertz CT molecular complexity index is 907. The first kappa shape index (κ1) is 17.4. The first-order valence-electron chi connectivity index (χ1n) is 9.04. The average Bonchev–Trinajstić information content (AvgIpc) is 3.36. The summed E-state index contributed by atoms with van der Waals surface area (Å²) in [4.78, 5) is 16.7. The molecule has 3 aromatic rings. The van der Waals surface area contributed by atoms with Gasteiger partial charge >= 0.3 is 0 Å². The summed E-state index contributed by atoms with van der Waals surface area (Å²) in [5.41, 5.74) is 3.41. The second-order valence-electron chi connectivity index (χ2n) is 6.73. The minimum absolute atomic E-state index is 0.00479. The number of carbonyl (C=O) groups is 1. The molecule has 0 aliphatic carbocycles. The number of alkyl halides is 1. The number of aromatic nitrogens is 2. The molecule has 1 aliphatic rings. The summed E-state index contributed by atoms with van der Waals surface area (Å²) in [6, 6.07) is 17.3. The minimum Gasteiger partial charge on any atom is -0.350 e. The molecule has 1 saturated heterocycles. The fraction of sp³-hybridized carbons (Fsp3) is 0.238. The highest BCUT2D eigenvalue weighted by atomic mass is 19.1. The van der Waals surface area contributed by atoms with E-state index in [0.717, 1.165) is 16.9 Å². The van der Waals surface area contributed by atoms with Crippen molar-refractivity contribution >= 4 is 5.91 Å². The van der Waals surface area contributed by atoms with Crippen LogP contribution < -0.4 is 10.6 Å². The average molecular weight is 364 g/mol. The van der Waals surface area contributed by atoms with Gasteiger partial charge in [-0.2, -0.15) is 0 Å². The summed E-state index contributed by atoms with van der Waals surface area (Å²) in [6.45, 7) is 0.799. The molecular formula is C21H21FN4O. The van der Waals surface area contributed by atoms with Crippen LogP contribution in [0.5, 0.6) is 0 Å². The number of para-hydroxylation sites is 1. The fourth-order valence-electron chi connectivity index (χ4n) is 3.25. The molecule has 138 valence electrons. The van der Waals surface area contributed by atoms with Crippen LogP contribution in [-0.2, 0) is 0 Å². The second-order valence-corrected chi connectivity index (χ2v) is 6.73. The van der Waals surface area contributed by atoms with E-state index in [1.165, 1.54) is 0 Å². The molecule has 2 heterocycles. The van der Waals surface area contributed by atoms with Crippen LogP contribution in [0.4, 0.5) is 4.39 Å². The van der Waals surface area contributed by atoms with Crippen LogP contribution in [0.15, 0.2) is 67.1 Å². The van der Waals surface area contributed by atoms with Gasteiger partial charge in [0.2, 0.25) is 0 Å². The highest BCUT2D eigenvalue weighted by Crippen LogP contribution is 2.19. The van der Waals surface area contributed by atoms with Crippen molar-refractivity contribution in [3.05, 3.63) is 72.7 Å². The Morgan fingerprint density at radius 2 is 1.96 bits per heavy atom. The van der Waals surface area contributed by atoms with E-state index < -0.39 is 6.17 Å². The van der Waals surface area contributed by atoms with Crippen LogP contribution in [0.1, 0.15) is 16.8 Å². The lowest BCUT2D eigenvalue weighted by Crippen LogP contribution is -2.37. The summed E-state index contributed by atoms with van der Waals surface area (Å²) in [5, 5.41) is 5.92. The third-order valence-electron chi connectivity index (χ3n) is 4.76. The predicted molar refractivity (Wildman–Crippen MR) is 103 cm³/mol. The van der Waals surface area contributed by atoms with Gasteiger partial charge in [-0.25, -0.2) is 9.37 Å². The van der Waals surface area contributed by atoms with E-state index in [9.17, 15) is 9.18 Å². The number of imidazole rings is 1.